The van der Waals surface area contributed by atoms with E-state index in [2.05, 4.69) is 5.32 Å². The Morgan fingerprint density at radius 1 is 1.12 bits per heavy atom. The van der Waals surface area contributed by atoms with Gasteiger partial charge in [0.15, 0.2) is 5.78 Å². The molecule has 3 rings (SSSR count). The number of esters is 2. The molecule has 8 nitrogen and oxygen atoms in total. The first-order chi connectivity index (χ1) is 15.8. The van der Waals surface area contributed by atoms with Crippen LogP contribution in [0.25, 0.3) is 0 Å². The second kappa shape index (κ2) is 10.7. The zero-order valence-electron chi connectivity index (χ0n) is 19.7. The van der Waals surface area contributed by atoms with E-state index in [-0.39, 0.29) is 24.9 Å². The second-order valence-electron chi connectivity index (χ2n) is 8.17. The first-order valence-electron chi connectivity index (χ1n) is 11.1. The summed E-state index contributed by atoms with van der Waals surface area (Å²) < 4.78 is 20.9. The standard InChI is InChI=1S/C25H31NO7/c1-6-32-17-9-7-16(8-10-17)21-20(25(29)33-12-11-30-4)15(3)26-18-13-14(2)19(24(28)31-5)23(27)22(18)21/h7-10,14,19,21,26H,6,11-13H2,1-5H3/t14-,19+,21-/m0/s1. The number of methoxy groups -OCH3 is 2. The van der Waals surface area contributed by atoms with Gasteiger partial charge in [0.05, 0.1) is 25.9 Å². The van der Waals surface area contributed by atoms with Crippen LogP contribution in [0.15, 0.2) is 46.8 Å². The molecular formula is C25H31NO7. The van der Waals surface area contributed by atoms with Crippen LogP contribution < -0.4 is 10.1 Å². The molecule has 2 aliphatic rings. The molecule has 1 heterocycles. The van der Waals surface area contributed by atoms with Crippen molar-refractivity contribution in [1.29, 1.82) is 0 Å². The van der Waals surface area contributed by atoms with Crippen molar-refractivity contribution in [1.82, 2.24) is 5.32 Å². The quantitative estimate of drug-likeness (QED) is 0.361. The van der Waals surface area contributed by atoms with Crippen molar-refractivity contribution < 1.29 is 33.3 Å². The smallest absolute Gasteiger partial charge is 0.336 e. The molecular weight excluding hydrogens is 426 g/mol. The monoisotopic (exact) mass is 457 g/mol. The van der Waals surface area contributed by atoms with Gasteiger partial charge in [0, 0.05) is 30.0 Å². The van der Waals surface area contributed by atoms with E-state index in [1.54, 1.807) is 19.1 Å². The predicted octanol–water partition coefficient (Wildman–Crippen LogP) is 2.89. The highest BCUT2D eigenvalue weighted by Gasteiger charge is 2.47. The zero-order chi connectivity index (χ0) is 24.1. The van der Waals surface area contributed by atoms with Crippen molar-refractivity contribution in [3.63, 3.8) is 0 Å². The van der Waals surface area contributed by atoms with Crippen LogP contribution >= 0.6 is 0 Å². The lowest BCUT2D eigenvalue weighted by molar-refractivity contribution is -0.151. The molecule has 0 radical (unpaired) electrons. The van der Waals surface area contributed by atoms with Crippen LogP contribution in [0.1, 0.15) is 38.7 Å². The minimum Gasteiger partial charge on any atom is -0.494 e. The summed E-state index contributed by atoms with van der Waals surface area (Å²) in [7, 11) is 2.80. The molecule has 1 aliphatic carbocycles. The van der Waals surface area contributed by atoms with Gasteiger partial charge in [-0.2, -0.15) is 0 Å². The van der Waals surface area contributed by atoms with Crippen LogP contribution in [0.3, 0.4) is 0 Å². The fourth-order valence-electron chi connectivity index (χ4n) is 4.50. The molecule has 0 fully saturated rings. The van der Waals surface area contributed by atoms with E-state index < -0.39 is 23.8 Å². The molecule has 8 heteroatoms. The SMILES string of the molecule is CCOc1ccc([C@H]2C(C(=O)OCCOC)=C(C)NC3=C2C(=O)[C@H](C(=O)OC)[C@@H](C)C3)cc1. The Hall–Kier alpha value is -3.13. The van der Waals surface area contributed by atoms with Crippen molar-refractivity contribution in [3.8, 4) is 5.75 Å². The molecule has 0 aromatic heterocycles. The Kier molecular flexibility index (Phi) is 7.92. The van der Waals surface area contributed by atoms with Gasteiger partial charge in [0.2, 0.25) is 0 Å². The number of carbonyl (C=O) groups is 3. The van der Waals surface area contributed by atoms with Crippen molar-refractivity contribution >= 4 is 17.7 Å². The number of carbonyl (C=O) groups excluding carboxylic acids is 3. The van der Waals surface area contributed by atoms with Gasteiger partial charge >= 0.3 is 11.9 Å². The number of benzene rings is 1. The average molecular weight is 458 g/mol. The third-order valence-electron chi connectivity index (χ3n) is 6.01. The van der Waals surface area contributed by atoms with Crippen LogP contribution in [-0.2, 0) is 28.6 Å². The summed E-state index contributed by atoms with van der Waals surface area (Å²) in [5, 5.41) is 3.24. The van der Waals surface area contributed by atoms with Gasteiger partial charge in [0.25, 0.3) is 0 Å². The Bertz CT molecular complexity index is 977. The molecule has 3 atom stereocenters. The maximum absolute atomic E-state index is 13.6. The van der Waals surface area contributed by atoms with Crippen molar-refractivity contribution in [2.75, 3.05) is 34.0 Å². The molecule has 0 saturated carbocycles. The third-order valence-corrected chi connectivity index (χ3v) is 6.01. The lowest BCUT2D eigenvalue weighted by atomic mass is 9.69. The zero-order valence-corrected chi connectivity index (χ0v) is 19.7. The Labute approximate surface area is 193 Å². The van der Waals surface area contributed by atoms with Crippen LogP contribution in [0.5, 0.6) is 5.75 Å². The molecule has 1 aromatic rings. The highest BCUT2D eigenvalue weighted by Crippen LogP contribution is 2.45. The lowest BCUT2D eigenvalue weighted by Gasteiger charge is -2.38. The maximum atomic E-state index is 13.6. The van der Waals surface area contributed by atoms with Gasteiger partial charge in [-0.25, -0.2) is 4.79 Å². The summed E-state index contributed by atoms with van der Waals surface area (Å²) in [6, 6.07) is 7.27. The van der Waals surface area contributed by atoms with E-state index in [9.17, 15) is 14.4 Å². The number of ether oxygens (including phenoxy) is 4. The summed E-state index contributed by atoms with van der Waals surface area (Å²) in [6.45, 7) is 6.41. The first-order valence-corrected chi connectivity index (χ1v) is 11.1. The van der Waals surface area contributed by atoms with Crippen LogP contribution in [0.4, 0.5) is 0 Å². The second-order valence-corrected chi connectivity index (χ2v) is 8.17. The summed E-state index contributed by atoms with van der Waals surface area (Å²) in [6.07, 6.45) is 0.484. The number of hydrogen-bond donors (Lipinski definition) is 1. The van der Waals surface area contributed by atoms with Gasteiger partial charge < -0.3 is 24.3 Å². The van der Waals surface area contributed by atoms with Gasteiger partial charge in [-0.1, -0.05) is 19.1 Å². The Morgan fingerprint density at radius 3 is 2.42 bits per heavy atom. The molecule has 0 unspecified atom stereocenters. The van der Waals surface area contributed by atoms with E-state index in [0.717, 1.165) is 11.3 Å². The number of allylic oxidation sites excluding steroid dienone is 3. The molecule has 1 aliphatic heterocycles. The van der Waals surface area contributed by atoms with E-state index in [4.69, 9.17) is 18.9 Å². The topological polar surface area (TPSA) is 100 Å². The van der Waals surface area contributed by atoms with Gasteiger partial charge in [-0.05, 0) is 43.9 Å². The number of ketones is 1. The first kappa shape index (κ1) is 24.5. The molecule has 178 valence electrons. The summed E-state index contributed by atoms with van der Waals surface area (Å²) in [4.78, 5) is 39.2. The van der Waals surface area contributed by atoms with Crippen molar-refractivity contribution in [2.24, 2.45) is 11.8 Å². The number of dihydropyridines is 1. The largest absolute Gasteiger partial charge is 0.494 e. The third kappa shape index (κ3) is 4.95. The normalized spacial score (nSPS) is 22.5. The average Bonchev–Trinajstić information content (AvgIpc) is 2.78. The highest BCUT2D eigenvalue weighted by molar-refractivity contribution is 6.12. The number of nitrogens with one attached hydrogen (secondary N) is 1. The van der Waals surface area contributed by atoms with Gasteiger partial charge in [0.1, 0.15) is 18.3 Å². The van der Waals surface area contributed by atoms with Crippen LogP contribution in [0, 0.1) is 11.8 Å². The fraction of sp³-hybridized carbons (Fsp3) is 0.480. The lowest BCUT2D eigenvalue weighted by Crippen LogP contribution is -2.43. The number of Topliss-reactive ketones (excluding diaryl/α,β-unsaturated/α-hetero) is 1. The van der Waals surface area contributed by atoms with Crippen LogP contribution in [-0.4, -0.2) is 51.8 Å². The van der Waals surface area contributed by atoms with E-state index in [1.807, 2.05) is 26.0 Å². The number of hydrogen-bond acceptors (Lipinski definition) is 8. The maximum Gasteiger partial charge on any atom is 0.336 e. The summed E-state index contributed by atoms with van der Waals surface area (Å²) >= 11 is 0. The van der Waals surface area contributed by atoms with E-state index in [1.165, 1.54) is 14.2 Å². The van der Waals surface area contributed by atoms with E-state index >= 15 is 0 Å². The minimum absolute atomic E-state index is 0.0871. The molecule has 1 N–H and O–H groups in total. The van der Waals surface area contributed by atoms with Crippen molar-refractivity contribution in [2.45, 2.75) is 33.1 Å². The fourth-order valence-corrected chi connectivity index (χ4v) is 4.50. The van der Waals surface area contributed by atoms with Gasteiger partial charge in [-0.3, -0.25) is 9.59 Å². The molecule has 0 bridgehead atoms. The number of rotatable bonds is 8. The molecule has 0 spiro atoms. The van der Waals surface area contributed by atoms with Crippen LogP contribution in [0.2, 0.25) is 0 Å². The Balaban J connectivity index is 2.10. The summed E-state index contributed by atoms with van der Waals surface area (Å²) in [5.41, 5.74) is 2.80. The molecule has 33 heavy (non-hydrogen) atoms. The molecule has 1 aromatic carbocycles. The predicted molar refractivity (Wildman–Crippen MR) is 120 cm³/mol. The van der Waals surface area contributed by atoms with Crippen molar-refractivity contribution in [3.05, 3.63) is 52.4 Å². The molecule has 0 amide bonds. The summed E-state index contributed by atoms with van der Waals surface area (Å²) in [5.74, 6) is -2.60. The molecule has 0 saturated heterocycles. The van der Waals surface area contributed by atoms with Gasteiger partial charge in [-0.15, -0.1) is 0 Å². The van der Waals surface area contributed by atoms with E-state index in [0.29, 0.717) is 35.6 Å². The minimum atomic E-state index is -0.926. The Morgan fingerprint density at radius 2 is 1.82 bits per heavy atom. The highest BCUT2D eigenvalue weighted by atomic mass is 16.6.